The molecule has 1 aliphatic carbocycles. The molecule has 0 aliphatic heterocycles. The fourth-order valence-electron chi connectivity index (χ4n) is 4.01. The summed E-state index contributed by atoms with van der Waals surface area (Å²) in [5, 5.41) is 19.1. The minimum absolute atomic E-state index is 0.400. The van der Waals surface area contributed by atoms with Gasteiger partial charge >= 0.3 is 0 Å². The van der Waals surface area contributed by atoms with Gasteiger partial charge in [0.15, 0.2) is 0 Å². The molecule has 0 saturated heterocycles. The maximum atomic E-state index is 11.4. The number of benzene rings is 2. The van der Waals surface area contributed by atoms with Crippen molar-refractivity contribution in [1.29, 1.82) is 0 Å². The number of hydrogen-bond donors (Lipinski definition) is 2. The molecule has 0 amide bonds. The number of aliphatic hydroxyl groups is 1. The lowest BCUT2D eigenvalue weighted by Crippen LogP contribution is -2.38. The lowest BCUT2D eigenvalue weighted by molar-refractivity contribution is 0.0322. The highest BCUT2D eigenvalue weighted by molar-refractivity contribution is 5.65. The molecule has 28 heavy (non-hydrogen) atoms. The van der Waals surface area contributed by atoms with Crippen LogP contribution in [0, 0.1) is 0 Å². The van der Waals surface area contributed by atoms with Crippen molar-refractivity contribution >= 4 is 11.6 Å². The molecule has 2 aromatic carbocycles. The lowest BCUT2D eigenvalue weighted by Gasteiger charge is -2.35. The van der Waals surface area contributed by atoms with Crippen molar-refractivity contribution in [2.45, 2.75) is 24.9 Å². The Morgan fingerprint density at radius 3 is 2.79 bits per heavy atom. The van der Waals surface area contributed by atoms with Gasteiger partial charge in [-0.05, 0) is 30.4 Å². The van der Waals surface area contributed by atoms with E-state index in [0.717, 1.165) is 41.9 Å². The molecular formula is C22H21N5O. The van der Waals surface area contributed by atoms with Crippen LogP contribution in [-0.4, -0.2) is 31.2 Å². The molecule has 0 spiro atoms. The first-order valence-electron chi connectivity index (χ1n) is 9.54. The monoisotopic (exact) mass is 371 g/mol. The van der Waals surface area contributed by atoms with Gasteiger partial charge in [0.2, 0.25) is 0 Å². The molecule has 0 bridgehead atoms. The van der Waals surface area contributed by atoms with E-state index in [9.17, 15) is 5.11 Å². The molecule has 0 saturated carbocycles. The normalized spacial score (nSPS) is 18.8. The van der Waals surface area contributed by atoms with Gasteiger partial charge in [0, 0.05) is 18.2 Å². The van der Waals surface area contributed by atoms with Crippen LogP contribution in [0.5, 0.6) is 0 Å². The number of aryl methyl sites for hydroxylation is 1. The topological polar surface area (TPSA) is 75.3 Å². The molecular weight excluding hydrogens is 350 g/mol. The average Bonchev–Trinajstić information content (AvgIpc) is 3.22. The van der Waals surface area contributed by atoms with Gasteiger partial charge < -0.3 is 10.4 Å². The Balaban J connectivity index is 1.50. The summed E-state index contributed by atoms with van der Waals surface area (Å²) in [7, 11) is 0. The van der Waals surface area contributed by atoms with Gasteiger partial charge in [-0.2, -0.15) is 14.6 Å². The van der Waals surface area contributed by atoms with E-state index in [1.54, 1.807) is 4.52 Å². The Hall–Kier alpha value is -3.25. The van der Waals surface area contributed by atoms with Gasteiger partial charge in [-0.15, -0.1) is 0 Å². The first kappa shape index (κ1) is 16.9. The van der Waals surface area contributed by atoms with Gasteiger partial charge in [0.1, 0.15) is 17.7 Å². The Labute approximate surface area is 162 Å². The number of anilines is 1. The van der Waals surface area contributed by atoms with Crippen LogP contribution in [0.2, 0.25) is 0 Å². The number of hydrogen-bond acceptors (Lipinski definition) is 5. The third-order valence-electron chi connectivity index (χ3n) is 5.44. The van der Waals surface area contributed by atoms with E-state index in [0.29, 0.717) is 12.3 Å². The summed E-state index contributed by atoms with van der Waals surface area (Å²) < 4.78 is 1.67. The van der Waals surface area contributed by atoms with Crippen LogP contribution >= 0.6 is 0 Å². The molecule has 2 N–H and O–H groups in total. The van der Waals surface area contributed by atoms with Crippen molar-refractivity contribution in [1.82, 2.24) is 19.6 Å². The summed E-state index contributed by atoms with van der Waals surface area (Å²) in [5.41, 5.74) is 3.17. The first-order valence-corrected chi connectivity index (χ1v) is 9.54. The summed E-state index contributed by atoms with van der Waals surface area (Å²) >= 11 is 0. The van der Waals surface area contributed by atoms with Crippen LogP contribution < -0.4 is 5.32 Å². The molecule has 0 radical (unpaired) electrons. The van der Waals surface area contributed by atoms with E-state index in [-0.39, 0.29) is 0 Å². The molecule has 2 aromatic heterocycles. The van der Waals surface area contributed by atoms with E-state index in [2.05, 4.69) is 26.4 Å². The van der Waals surface area contributed by atoms with E-state index in [1.807, 2.05) is 54.6 Å². The number of nitrogens with one attached hydrogen (secondary N) is 1. The summed E-state index contributed by atoms with van der Waals surface area (Å²) in [6.07, 6.45) is 4.21. The van der Waals surface area contributed by atoms with Crippen molar-refractivity contribution in [3.05, 3.63) is 78.1 Å². The Morgan fingerprint density at radius 1 is 1.07 bits per heavy atom. The van der Waals surface area contributed by atoms with Crippen molar-refractivity contribution in [2.24, 2.45) is 0 Å². The van der Waals surface area contributed by atoms with Gasteiger partial charge in [-0.1, -0.05) is 54.6 Å². The van der Waals surface area contributed by atoms with Crippen LogP contribution in [0.15, 0.2) is 67.0 Å². The third kappa shape index (κ3) is 2.92. The van der Waals surface area contributed by atoms with Gasteiger partial charge in [-0.3, -0.25) is 0 Å². The number of rotatable bonds is 4. The minimum Gasteiger partial charge on any atom is -0.383 e. The maximum Gasteiger partial charge on any atom is 0.254 e. The Kier molecular flexibility index (Phi) is 4.06. The fraction of sp³-hybridized carbons (Fsp3) is 0.227. The second-order valence-electron chi connectivity index (χ2n) is 7.26. The second-order valence-corrected chi connectivity index (χ2v) is 7.26. The van der Waals surface area contributed by atoms with Crippen molar-refractivity contribution < 1.29 is 5.11 Å². The van der Waals surface area contributed by atoms with Gasteiger partial charge in [-0.25, -0.2) is 4.98 Å². The highest BCUT2D eigenvalue weighted by Gasteiger charge is 2.34. The highest BCUT2D eigenvalue weighted by Crippen LogP contribution is 2.35. The van der Waals surface area contributed by atoms with Crippen molar-refractivity contribution in [3.63, 3.8) is 0 Å². The molecule has 5 rings (SSSR count). The summed E-state index contributed by atoms with van der Waals surface area (Å²) in [6, 6.07) is 20.1. The molecule has 6 nitrogen and oxygen atoms in total. The minimum atomic E-state index is -0.905. The summed E-state index contributed by atoms with van der Waals surface area (Å²) in [4.78, 5) is 8.85. The Bertz CT molecular complexity index is 1120. The standard InChI is InChI=1S/C22H21N5O/c28-22(12-6-10-16-7-4-5-11-18(16)22)14-23-20-13-19(17-8-2-1-3-9-17)26-21-24-15-25-27(20)21/h1-5,7-9,11,13,15,23,28H,6,10,12,14H2. The van der Waals surface area contributed by atoms with Crippen LogP contribution in [0.3, 0.4) is 0 Å². The van der Waals surface area contributed by atoms with Crippen LogP contribution in [-0.2, 0) is 12.0 Å². The zero-order chi connectivity index (χ0) is 19.0. The Morgan fingerprint density at radius 2 is 1.89 bits per heavy atom. The zero-order valence-corrected chi connectivity index (χ0v) is 15.4. The smallest absolute Gasteiger partial charge is 0.254 e. The SMILES string of the molecule is OC1(CNc2cc(-c3ccccc3)nc3ncnn23)CCCc2ccccc21. The van der Waals surface area contributed by atoms with Crippen LogP contribution in [0.4, 0.5) is 5.82 Å². The molecule has 1 aliphatic rings. The van der Waals surface area contributed by atoms with E-state index in [4.69, 9.17) is 0 Å². The van der Waals surface area contributed by atoms with Gasteiger partial charge in [0.05, 0.1) is 5.69 Å². The largest absolute Gasteiger partial charge is 0.383 e. The zero-order valence-electron chi connectivity index (χ0n) is 15.4. The van der Waals surface area contributed by atoms with Crippen molar-refractivity contribution in [2.75, 3.05) is 11.9 Å². The van der Waals surface area contributed by atoms with E-state index < -0.39 is 5.60 Å². The molecule has 6 heteroatoms. The van der Waals surface area contributed by atoms with Crippen LogP contribution in [0.25, 0.3) is 17.0 Å². The molecule has 1 unspecified atom stereocenters. The summed E-state index contributed by atoms with van der Waals surface area (Å²) in [5.74, 6) is 1.29. The molecule has 4 aromatic rings. The second kappa shape index (κ2) is 6.73. The van der Waals surface area contributed by atoms with E-state index >= 15 is 0 Å². The average molecular weight is 371 g/mol. The fourth-order valence-corrected chi connectivity index (χ4v) is 4.01. The number of fused-ring (bicyclic) bond motifs is 2. The predicted octanol–water partition coefficient (Wildman–Crippen LogP) is 3.43. The first-order chi connectivity index (χ1) is 13.7. The number of aromatic nitrogens is 4. The highest BCUT2D eigenvalue weighted by atomic mass is 16.3. The molecule has 0 fully saturated rings. The molecule has 2 heterocycles. The summed E-state index contributed by atoms with van der Waals surface area (Å²) in [6.45, 7) is 0.400. The van der Waals surface area contributed by atoms with Crippen LogP contribution in [0.1, 0.15) is 24.0 Å². The lowest BCUT2D eigenvalue weighted by atomic mass is 9.79. The third-order valence-corrected chi connectivity index (χ3v) is 5.44. The molecule has 1 atom stereocenters. The van der Waals surface area contributed by atoms with E-state index in [1.165, 1.54) is 11.9 Å². The maximum absolute atomic E-state index is 11.4. The molecule has 140 valence electrons. The van der Waals surface area contributed by atoms with Crippen molar-refractivity contribution in [3.8, 4) is 11.3 Å². The predicted molar refractivity (Wildman–Crippen MR) is 108 cm³/mol. The van der Waals surface area contributed by atoms with Gasteiger partial charge in [0.25, 0.3) is 5.78 Å². The quantitative estimate of drug-likeness (QED) is 0.575. The number of nitrogens with zero attached hydrogens (tertiary/aromatic N) is 4.